The molecule has 0 aromatic carbocycles. The molecule has 0 amide bonds. The topological polar surface area (TPSA) is 103 Å². The van der Waals surface area contributed by atoms with Gasteiger partial charge in [-0.1, -0.05) is 0 Å². The van der Waals surface area contributed by atoms with Crippen LogP contribution in [-0.4, -0.2) is 28.5 Å². The van der Waals surface area contributed by atoms with Gasteiger partial charge in [-0.3, -0.25) is 10.5 Å². The van der Waals surface area contributed by atoms with Crippen LogP contribution in [0.5, 0.6) is 0 Å². The predicted octanol–water partition coefficient (Wildman–Crippen LogP) is 0.264. The van der Waals surface area contributed by atoms with Crippen molar-refractivity contribution in [3.63, 3.8) is 0 Å². The summed E-state index contributed by atoms with van der Waals surface area (Å²) in [5.74, 6) is -0.279. The predicted molar refractivity (Wildman–Crippen MR) is 51.9 cm³/mol. The number of nitriles is 1. The molecule has 0 spiro atoms. The Morgan fingerprint density at radius 1 is 1.87 bits per heavy atom. The molecule has 15 heavy (non-hydrogen) atoms. The molecule has 78 valence electrons. The van der Waals surface area contributed by atoms with E-state index >= 15 is 0 Å². The average Bonchev–Trinajstić information content (AvgIpc) is 2.72. The van der Waals surface area contributed by atoms with Gasteiger partial charge >= 0.3 is 5.97 Å². The van der Waals surface area contributed by atoms with E-state index in [9.17, 15) is 4.79 Å². The fourth-order valence-electron chi connectivity index (χ4n) is 0.750. The summed E-state index contributed by atoms with van der Waals surface area (Å²) in [6.45, 7) is 1.85. The van der Waals surface area contributed by atoms with Gasteiger partial charge in [0.1, 0.15) is 11.9 Å². The number of esters is 1. The van der Waals surface area contributed by atoms with E-state index in [2.05, 4.69) is 25.5 Å². The van der Waals surface area contributed by atoms with Gasteiger partial charge in [-0.2, -0.15) is 15.5 Å². The Morgan fingerprint density at radius 3 is 3.20 bits per heavy atom. The molecule has 0 saturated heterocycles. The quantitative estimate of drug-likeness (QED) is 0.419. The number of nitrogens with one attached hydrogen (secondary N) is 2. The van der Waals surface area contributed by atoms with E-state index in [1.807, 2.05) is 0 Å². The van der Waals surface area contributed by atoms with E-state index in [1.54, 1.807) is 19.1 Å². The van der Waals surface area contributed by atoms with Gasteiger partial charge in [-0.05, 0) is 6.92 Å². The normalized spacial score (nSPS) is 10.5. The summed E-state index contributed by atoms with van der Waals surface area (Å²) in [5, 5.41) is 18.4. The number of rotatable bonds is 4. The lowest BCUT2D eigenvalue weighted by molar-refractivity contribution is -0.134. The lowest BCUT2D eigenvalue weighted by Gasteiger charge is -1.98. The van der Waals surface area contributed by atoms with Crippen molar-refractivity contribution >= 4 is 17.5 Å². The SMILES string of the molecule is CCOC(=O)/C(C#N)=N/Nc1ccn[nH]1. The minimum atomic E-state index is -0.757. The molecule has 2 N–H and O–H groups in total. The molecule has 0 aliphatic rings. The number of nitrogens with zero attached hydrogens (tertiary/aromatic N) is 3. The molecular weight excluding hydrogens is 198 g/mol. The molecule has 1 aromatic rings. The highest BCUT2D eigenvalue weighted by Crippen LogP contribution is 1.98. The molecule has 0 aliphatic carbocycles. The zero-order valence-electron chi connectivity index (χ0n) is 8.02. The summed E-state index contributed by atoms with van der Waals surface area (Å²) in [6, 6.07) is 3.23. The third-order valence-corrected chi connectivity index (χ3v) is 1.36. The number of ether oxygens (including phenoxy) is 1. The summed E-state index contributed by atoms with van der Waals surface area (Å²) < 4.78 is 4.61. The van der Waals surface area contributed by atoms with Crippen LogP contribution in [0, 0.1) is 11.3 Å². The van der Waals surface area contributed by atoms with E-state index in [4.69, 9.17) is 5.26 Å². The largest absolute Gasteiger partial charge is 0.461 e. The number of hydrogen-bond acceptors (Lipinski definition) is 6. The monoisotopic (exact) mass is 207 g/mol. The van der Waals surface area contributed by atoms with Crippen molar-refractivity contribution in [2.75, 3.05) is 12.0 Å². The van der Waals surface area contributed by atoms with Gasteiger partial charge < -0.3 is 4.74 Å². The number of hydrogen-bond donors (Lipinski definition) is 2. The van der Waals surface area contributed by atoms with Gasteiger partial charge in [-0.15, -0.1) is 0 Å². The Bertz CT molecular complexity index is 390. The van der Waals surface area contributed by atoms with E-state index in [0.29, 0.717) is 5.82 Å². The van der Waals surface area contributed by atoms with Gasteiger partial charge in [0.2, 0.25) is 5.71 Å². The smallest absolute Gasteiger partial charge is 0.369 e. The Kier molecular flexibility index (Phi) is 3.85. The highest BCUT2D eigenvalue weighted by molar-refractivity contribution is 6.43. The molecule has 0 saturated carbocycles. The number of aromatic nitrogens is 2. The van der Waals surface area contributed by atoms with Crippen LogP contribution in [-0.2, 0) is 9.53 Å². The molecule has 0 bridgehead atoms. The summed E-state index contributed by atoms with van der Waals surface area (Å²) in [6.07, 6.45) is 1.51. The number of carbonyl (C=O) groups excluding carboxylic acids is 1. The second-order valence-corrected chi connectivity index (χ2v) is 2.37. The fourth-order valence-corrected chi connectivity index (χ4v) is 0.750. The molecule has 1 aromatic heterocycles. The molecule has 1 heterocycles. The van der Waals surface area contributed by atoms with Crippen molar-refractivity contribution in [2.45, 2.75) is 6.92 Å². The fraction of sp³-hybridized carbons (Fsp3) is 0.250. The van der Waals surface area contributed by atoms with Crippen LogP contribution < -0.4 is 5.43 Å². The van der Waals surface area contributed by atoms with Gasteiger partial charge in [0.15, 0.2) is 0 Å². The van der Waals surface area contributed by atoms with Crippen LogP contribution in [0.3, 0.4) is 0 Å². The van der Waals surface area contributed by atoms with Crippen molar-refractivity contribution in [2.24, 2.45) is 5.10 Å². The highest BCUT2D eigenvalue weighted by Gasteiger charge is 2.11. The van der Waals surface area contributed by atoms with Crippen LogP contribution in [0.25, 0.3) is 0 Å². The minimum absolute atomic E-state index is 0.198. The first-order valence-corrected chi connectivity index (χ1v) is 4.18. The first kappa shape index (κ1) is 10.7. The lowest BCUT2D eigenvalue weighted by Crippen LogP contribution is -2.17. The second-order valence-electron chi connectivity index (χ2n) is 2.37. The third-order valence-electron chi connectivity index (χ3n) is 1.36. The van der Waals surface area contributed by atoms with Crippen LogP contribution in [0.1, 0.15) is 6.92 Å². The summed E-state index contributed by atoms with van der Waals surface area (Å²) >= 11 is 0. The molecule has 0 aliphatic heterocycles. The lowest BCUT2D eigenvalue weighted by atomic mass is 10.4. The standard InChI is InChI=1S/C8H9N5O2/c1-2-15-8(14)6(5-9)11-13-7-3-4-10-12-7/h3-4H,2H2,1H3,(H2,10,12,13)/b11-6+. The van der Waals surface area contributed by atoms with Gasteiger partial charge in [-0.25, -0.2) is 4.79 Å². The van der Waals surface area contributed by atoms with Crippen molar-refractivity contribution in [1.29, 1.82) is 5.26 Å². The number of carbonyl (C=O) groups is 1. The molecule has 7 nitrogen and oxygen atoms in total. The number of H-pyrrole nitrogens is 1. The van der Waals surface area contributed by atoms with Crippen molar-refractivity contribution < 1.29 is 9.53 Å². The number of aromatic amines is 1. The summed E-state index contributed by atoms with van der Waals surface area (Å²) in [7, 11) is 0. The average molecular weight is 207 g/mol. The number of anilines is 1. The van der Waals surface area contributed by atoms with Crippen molar-refractivity contribution in [1.82, 2.24) is 10.2 Å². The Hall–Kier alpha value is -2.36. The first-order chi connectivity index (χ1) is 7.27. The summed E-state index contributed by atoms with van der Waals surface area (Å²) in [4.78, 5) is 11.1. The molecular formula is C8H9N5O2. The molecule has 1 rings (SSSR count). The first-order valence-electron chi connectivity index (χ1n) is 4.18. The van der Waals surface area contributed by atoms with E-state index in [-0.39, 0.29) is 12.3 Å². The van der Waals surface area contributed by atoms with Crippen LogP contribution in [0.15, 0.2) is 17.4 Å². The van der Waals surface area contributed by atoms with E-state index < -0.39 is 5.97 Å². The van der Waals surface area contributed by atoms with Gasteiger partial charge in [0, 0.05) is 6.07 Å². The molecule has 7 heteroatoms. The molecule has 0 radical (unpaired) electrons. The summed E-state index contributed by atoms with van der Waals surface area (Å²) in [5.41, 5.74) is 2.12. The minimum Gasteiger partial charge on any atom is -0.461 e. The maximum atomic E-state index is 11.1. The number of hydrazone groups is 1. The van der Waals surface area contributed by atoms with Crippen LogP contribution in [0.2, 0.25) is 0 Å². The third kappa shape index (κ3) is 3.11. The maximum Gasteiger partial charge on any atom is 0.369 e. The zero-order chi connectivity index (χ0) is 11.1. The molecule has 0 atom stereocenters. The van der Waals surface area contributed by atoms with Gasteiger partial charge in [0.05, 0.1) is 12.8 Å². The van der Waals surface area contributed by atoms with E-state index in [1.165, 1.54) is 6.20 Å². The van der Waals surface area contributed by atoms with E-state index in [0.717, 1.165) is 0 Å². The molecule has 0 unspecified atom stereocenters. The Balaban J connectivity index is 2.63. The zero-order valence-corrected chi connectivity index (χ0v) is 8.02. The van der Waals surface area contributed by atoms with Crippen LogP contribution >= 0.6 is 0 Å². The molecule has 0 fully saturated rings. The van der Waals surface area contributed by atoms with Gasteiger partial charge in [0.25, 0.3) is 0 Å². The van der Waals surface area contributed by atoms with Crippen molar-refractivity contribution in [3.05, 3.63) is 12.3 Å². The Labute approximate surface area is 85.7 Å². The maximum absolute atomic E-state index is 11.1. The highest BCUT2D eigenvalue weighted by atomic mass is 16.5. The van der Waals surface area contributed by atoms with Crippen molar-refractivity contribution in [3.8, 4) is 6.07 Å². The Morgan fingerprint density at radius 2 is 2.67 bits per heavy atom. The second kappa shape index (κ2) is 5.39. The van der Waals surface area contributed by atoms with Crippen LogP contribution in [0.4, 0.5) is 5.82 Å².